The molecule has 6 heteroatoms. The molecule has 0 radical (unpaired) electrons. The van der Waals surface area contributed by atoms with E-state index in [1.54, 1.807) is 6.33 Å². The van der Waals surface area contributed by atoms with Crippen LogP contribution < -0.4 is 5.32 Å². The molecule has 116 valence electrons. The van der Waals surface area contributed by atoms with E-state index in [2.05, 4.69) is 52.3 Å². The molecule has 4 aromatic rings. The molecule has 1 N–H and O–H groups in total. The minimum Gasteiger partial charge on any atom is -0.418 e. The second kappa shape index (κ2) is 4.81. The van der Waals surface area contributed by atoms with Crippen LogP contribution in [0.2, 0.25) is 0 Å². The van der Waals surface area contributed by atoms with Crippen LogP contribution in [-0.4, -0.2) is 26.6 Å². The lowest BCUT2D eigenvalue weighted by Gasteiger charge is -2.00. The molecule has 0 amide bonds. The van der Waals surface area contributed by atoms with Gasteiger partial charge in [-0.05, 0) is 26.0 Å². The van der Waals surface area contributed by atoms with Crippen LogP contribution in [0, 0.1) is 13.8 Å². The van der Waals surface area contributed by atoms with Gasteiger partial charge in [0.15, 0.2) is 11.3 Å². The second-order valence-electron chi connectivity index (χ2n) is 5.81. The van der Waals surface area contributed by atoms with Gasteiger partial charge >= 0.3 is 0 Å². The third-order valence-electron chi connectivity index (χ3n) is 3.91. The van der Waals surface area contributed by atoms with Crippen molar-refractivity contribution in [2.24, 2.45) is 7.05 Å². The molecular weight excluding hydrogens is 290 g/mol. The van der Waals surface area contributed by atoms with Crippen molar-refractivity contribution in [3.63, 3.8) is 0 Å². The lowest BCUT2D eigenvalue weighted by Crippen LogP contribution is -1.95. The number of anilines is 1. The number of pyridine rings is 1. The summed E-state index contributed by atoms with van der Waals surface area (Å²) < 4.78 is 7.87. The molecule has 23 heavy (non-hydrogen) atoms. The van der Waals surface area contributed by atoms with Gasteiger partial charge in [-0.1, -0.05) is 17.2 Å². The Labute approximate surface area is 133 Å². The van der Waals surface area contributed by atoms with Crippen LogP contribution in [0.1, 0.15) is 11.1 Å². The molecule has 0 unspecified atom stereocenters. The van der Waals surface area contributed by atoms with Gasteiger partial charge < -0.3 is 14.3 Å². The monoisotopic (exact) mass is 307 g/mol. The first-order valence-corrected chi connectivity index (χ1v) is 7.45. The summed E-state index contributed by atoms with van der Waals surface area (Å²) in [6, 6.07) is 6.26. The highest BCUT2D eigenvalue weighted by atomic mass is 16.4. The zero-order valence-corrected chi connectivity index (χ0v) is 13.5. The Hall–Kier alpha value is -2.89. The minimum atomic E-state index is 0.514. The number of benzene rings is 1. The van der Waals surface area contributed by atoms with Crippen molar-refractivity contribution in [3.8, 4) is 11.5 Å². The fraction of sp³-hybridized carbons (Fsp3) is 0.235. The maximum Gasteiger partial charge on any atom is 0.251 e. The fourth-order valence-corrected chi connectivity index (χ4v) is 2.98. The van der Waals surface area contributed by atoms with E-state index in [-0.39, 0.29) is 0 Å². The molecule has 0 aliphatic carbocycles. The summed E-state index contributed by atoms with van der Waals surface area (Å²) in [4.78, 5) is 13.6. The number of nitrogens with one attached hydrogen (secondary N) is 1. The summed E-state index contributed by atoms with van der Waals surface area (Å²) in [5.74, 6) is 1.27. The fourth-order valence-electron chi connectivity index (χ4n) is 2.98. The van der Waals surface area contributed by atoms with Crippen molar-refractivity contribution in [1.82, 2.24) is 19.5 Å². The Balaban J connectivity index is 2.04. The Kier molecular flexibility index (Phi) is 2.87. The summed E-state index contributed by atoms with van der Waals surface area (Å²) >= 11 is 0. The van der Waals surface area contributed by atoms with Crippen molar-refractivity contribution in [2.75, 3.05) is 12.4 Å². The highest BCUT2D eigenvalue weighted by Crippen LogP contribution is 2.31. The van der Waals surface area contributed by atoms with Gasteiger partial charge in [-0.25, -0.2) is 9.97 Å². The van der Waals surface area contributed by atoms with Gasteiger partial charge in [0.2, 0.25) is 5.89 Å². The van der Waals surface area contributed by atoms with Gasteiger partial charge in [0.05, 0.1) is 6.33 Å². The van der Waals surface area contributed by atoms with E-state index >= 15 is 0 Å². The Morgan fingerprint density at radius 3 is 2.48 bits per heavy atom. The third-order valence-corrected chi connectivity index (χ3v) is 3.91. The van der Waals surface area contributed by atoms with Crippen LogP contribution in [0.25, 0.3) is 33.7 Å². The van der Waals surface area contributed by atoms with Crippen LogP contribution >= 0.6 is 0 Å². The average Bonchev–Trinajstić information content (AvgIpc) is 3.09. The highest BCUT2D eigenvalue weighted by Gasteiger charge is 2.18. The van der Waals surface area contributed by atoms with Crippen molar-refractivity contribution >= 4 is 28.1 Å². The molecule has 0 atom stereocenters. The van der Waals surface area contributed by atoms with Crippen molar-refractivity contribution in [2.45, 2.75) is 13.8 Å². The first-order chi connectivity index (χ1) is 11.1. The van der Waals surface area contributed by atoms with E-state index < -0.39 is 0 Å². The number of oxazole rings is 1. The first-order valence-electron chi connectivity index (χ1n) is 7.45. The second-order valence-corrected chi connectivity index (χ2v) is 5.81. The Morgan fingerprint density at radius 1 is 1.04 bits per heavy atom. The van der Waals surface area contributed by atoms with Crippen LogP contribution in [-0.2, 0) is 7.05 Å². The quantitative estimate of drug-likeness (QED) is 0.614. The lowest BCUT2D eigenvalue weighted by atomic mass is 10.1. The topological polar surface area (TPSA) is 68.8 Å². The standard InChI is InChI=1S/C17H17N5O/c1-9-5-10(2)7-11(6-9)16-20-13-14-12(19-8-22(14)4)15(18-3)21-17(13)23-16/h5-8H,1-4H3,(H,18,21). The number of fused-ring (bicyclic) bond motifs is 3. The van der Waals surface area contributed by atoms with E-state index in [9.17, 15) is 0 Å². The number of aryl methyl sites for hydroxylation is 3. The molecule has 0 aliphatic rings. The molecule has 6 nitrogen and oxygen atoms in total. The molecule has 1 aromatic carbocycles. The highest BCUT2D eigenvalue weighted by molar-refractivity contribution is 6.03. The molecule has 0 saturated heterocycles. The predicted octanol–water partition coefficient (Wildman–Crippen LogP) is 3.44. The van der Waals surface area contributed by atoms with Crippen LogP contribution in [0.4, 0.5) is 5.82 Å². The van der Waals surface area contributed by atoms with E-state index in [1.165, 1.54) is 11.1 Å². The molecule has 0 aliphatic heterocycles. The lowest BCUT2D eigenvalue weighted by molar-refractivity contribution is 0.608. The van der Waals surface area contributed by atoms with Crippen LogP contribution in [0.15, 0.2) is 28.9 Å². The normalized spacial score (nSPS) is 11.5. The molecule has 4 rings (SSSR count). The predicted molar refractivity (Wildman–Crippen MR) is 90.5 cm³/mol. The van der Waals surface area contributed by atoms with Crippen LogP contribution in [0.5, 0.6) is 0 Å². The van der Waals surface area contributed by atoms with Crippen molar-refractivity contribution < 1.29 is 4.42 Å². The number of nitrogens with zero attached hydrogens (tertiary/aromatic N) is 4. The van der Waals surface area contributed by atoms with E-state index in [1.807, 2.05) is 18.7 Å². The van der Waals surface area contributed by atoms with Gasteiger partial charge in [-0.15, -0.1) is 0 Å². The van der Waals surface area contributed by atoms with E-state index in [4.69, 9.17) is 4.42 Å². The molecule has 0 spiro atoms. The molecule has 3 aromatic heterocycles. The number of hydrogen-bond donors (Lipinski definition) is 1. The number of aromatic nitrogens is 4. The summed E-state index contributed by atoms with van der Waals surface area (Å²) in [5.41, 5.74) is 6.27. The van der Waals surface area contributed by atoms with Gasteiger partial charge in [-0.2, -0.15) is 4.98 Å². The summed E-state index contributed by atoms with van der Waals surface area (Å²) in [7, 11) is 3.77. The maximum atomic E-state index is 5.94. The van der Waals surface area contributed by atoms with E-state index in [0.717, 1.165) is 22.1 Å². The van der Waals surface area contributed by atoms with Gasteiger partial charge in [-0.3, -0.25) is 0 Å². The Bertz CT molecular complexity index is 1020. The summed E-state index contributed by atoms with van der Waals surface area (Å²) in [5, 5.41) is 3.07. The van der Waals surface area contributed by atoms with Gasteiger partial charge in [0, 0.05) is 19.7 Å². The number of imidazole rings is 1. The summed E-state index contributed by atoms with van der Waals surface area (Å²) in [6.07, 6.45) is 1.76. The van der Waals surface area contributed by atoms with Gasteiger partial charge in [0.25, 0.3) is 5.71 Å². The van der Waals surface area contributed by atoms with Crippen LogP contribution in [0.3, 0.4) is 0 Å². The van der Waals surface area contributed by atoms with Crippen molar-refractivity contribution in [3.05, 3.63) is 35.7 Å². The Morgan fingerprint density at radius 2 is 1.78 bits per heavy atom. The average molecular weight is 307 g/mol. The molecular formula is C17H17N5O. The zero-order valence-electron chi connectivity index (χ0n) is 13.5. The smallest absolute Gasteiger partial charge is 0.251 e. The largest absolute Gasteiger partial charge is 0.418 e. The van der Waals surface area contributed by atoms with Crippen molar-refractivity contribution in [1.29, 1.82) is 0 Å². The minimum absolute atomic E-state index is 0.514. The third kappa shape index (κ3) is 2.06. The SMILES string of the molecule is CNc1nc2oc(-c3cc(C)cc(C)c3)nc2c2c1ncn2C. The number of hydrogen-bond acceptors (Lipinski definition) is 5. The molecule has 0 bridgehead atoms. The molecule has 0 fully saturated rings. The summed E-state index contributed by atoms with van der Waals surface area (Å²) in [6.45, 7) is 4.13. The molecule has 0 saturated carbocycles. The number of rotatable bonds is 2. The zero-order chi connectivity index (χ0) is 16.1. The maximum absolute atomic E-state index is 5.94. The van der Waals surface area contributed by atoms with Gasteiger partial charge in [0.1, 0.15) is 11.0 Å². The molecule has 3 heterocycles. The van der Waals surface area contributed by atoms with E-state index in [0.29, 0.717) is 17.4 Å². The first kappa shape index (κ1) is 13.8.